The fourth-order valence-corrected chi connectivity index (χ4v) is 3.95. The molecule has 2 aliphatic rings. The zero-order chi connectivity index (χ0) is 22.5. The molecule has 0 aromatic heterocycles. The van der Waals surface area contributed by atoms with Crippen LogP contribution in [0.25, 0.3) is 6.08 Å². The number of ether oxygens (including phenoxy) is 3. The number of hydrogen-bond acceptors (Lipinski definition) is 6. The Kier molecular flexibility index (Phi) is 6.69. The summed E-state index contributed by atoms with van der Waals surface area (Å²) >= 11 is 5.36. The molecule has 0 saturated carbocycles. The minimum Gasteiger partial charge on any atom is -0.496 e. The summed E-state index contributed by atoms with van der Waals surface area (Å²) in [7, 11) is 1.60. The summed E-state index contributed by atoms with van der Waals surface area (Å²) in [5.41, 5.74) is 2.65. The minimum atomic E-state index is -0.156. The van der Waals surface area contributed by atoms with Crippen LogP contribution in [0.5, 0.6) is 11.5 Å². The van der Waals surface area contributed by atoms with E-state index in [1.165, 1.54) is 0 Å². The van der Waals surface area contributed by atoms with Gasteiger partial charge in [-0.15, -0.1) is 0 Å². The normalized spacial score (nSPS) is 19.2. The van der Waals surface area contributed by atoms with E-state index < -0.39 is 0 Å². The molecule has 0 radical (unpaired) electrons. The van der Waals surface area contributed by atoms with E-state index in [1.54, 1.807) is 42.4 Å². The fourth-order valence-electron chi connectivity index (χ4n) is 3.68. The van der Waals surface area contributed by atoms with Crippen molar-refractivity contribution in [2.45, 2.75) is 25.6 Å². The van der Waals surface area contributed by atoms with Crippen molar-refractivity contribution >= 4 is 29.3 Å². The summed E-state index contributed by atoms with van der Waals surface area (Å²) in [5, 5.41) is 12.3. The summed E-state index contributed by atoms with van der Waals surface area (Å²) in [6.45, 7) is 1.47. The van der Waals surface area contributed by atoms with Crippen molar-refractivity contribution in [3.8, 4) is 17.6 Å². The van der Waals surface area contributed by atoms with E-state index in [0.717, 1.165) is 30.6 Å². The zero-order valence-electron chi connectivity index (χ0n) is 17.7. The Bertz CT molecular complexity index is 1090. The number of carbonyl (C=O) groups is 1. The van der Waals surface area contributed by atoms with Gasteiger partial charge in [-0.05, 0) is 73.1 Å². The van der Waals surface area contributed by atoms with Crippen LogP contribution in [0, 0.1) is 11.3 Å². The van der Waals surface area contributed by atoms with Crippen LogP contribution in [0.4, 0.5) is 0 Å². The van der Waals surface area contributed by atoms with Gasteiger partial charge >= 0.3 is 0 Å². The number of rotatable bonds is 7. The third kappa shape index (κ3) is 4.90. The maximum atomic E-state index is 12.9. The van der Waals surface area contributed by atoms with Crippen molar-refractivity contribution in [1.29, 1.82) is 5.26 Å². The lowest BCUT2D eigenvalue weighted by molar-refractivity contribution is -0.123. The van der Waals surface area contributed by atoms with Crippen LogP contribution in [0.3, 0.4) is 0 Å². The first-order valence-corrected chi connectivity index (χ1v) is 10.7. The fraction of sp³-hybridized carbons (Fsp3) is 0.292. The van der Waals surface area contributed by atoms with Crippen LogP contribution in [0.2, 0.25) is 0 Å². The monoisotopic (exact) mass is 449 g/mol. The Morgan fingerprint density at radius 2 is 2.12 bits per heavy atom. The molecule has 2 saturated heterocycles. The molecule has 0 bridgehead atoms. The molecule has 0 spiro atoms. The molecule has 1 amide bonds. The minimum absolute atomic E-state index is 0.0324. The van der Waals surface area contributed by atoms with Crippen LogP contribution in [0.1, 0.15) is 29.5 Å². The first kappa shape index (κ1) is 21.8. The average molecular weight is 450 g/mol. The van der Waals surface area contributed by atoms with Gasteiger partial charge in [-0.1, -0.05) is 6.07 Å². The summed E-state index contributed by atoms with van der Waals surface area (Å²) in [6, 6.07) is 14.6. The van der Waals surface area contributed by atoms with Gasteiger partial charge < -0.3 is 19.5 Å². The summed E-state index contributed by atoms with van der Waals surface area (Å²) in [4.78, 5) is 14.4. The van der Waals surface area contributed by atoms with Crippen molar-refractivity contribution < 1.29 is 19.0 Å². The molecule has 1 N–H and O–H groups in total. The molecule has 7 nitrogen and oxygen atoms in total. The number of nitrogens with one attached hydrogen (secondary N) is 1. The smallest absolute Gasteiger partial charge is 0.276 e. The SMILES string of the molecule is COc1ccc(/C=C2/NC(=S)N(CC3CCCO3)C2=O)cc1COc1ccc(C#N)cc1. The van der Waals surface area contributed by atoms with E-state index in [9.17, 15) is 4.79 Å². The molecule has 4 rings (SSSR count). The Hall–Kier alpha value is -3.41. The maximum absolute atomic E-state index is 12.9. The number of hydrogen-bond donors (Lipinski definition) is 1. The third-order valence-electron chi connectivity index (χ3n) is 5.37. The van der Waals surface area contributed by atoms with Gasteiger partial charge in [0.15, 0.2) is 5.11 Å². The molecule has 0 aliphatic carbocycles. The second kappa shape index (κ2) is 9.81. The van der Waals surface area contributed by atoms with E-state index in [2.05, 4.69) is 11.4 Å². The second-order valence-electron chi connectivity index (χ2n) is 7.54. The molecular formula is C24H23N3O4S. The molecule has 2 aliphatic heterocycles. The van der Waals surface area contributed by atoms with E-state index in [1.807, 2.05) is 18.2 Å². The number of benzene rings is 2. The van der Waals surface area contributed by atoms with Crippen molar-refractivity contribution in [3.63, 3.8) is 0 Å². The van der Waals surface area contributed by atoms with Crippen molar-refractivity contribution in [2.75, 3.05) is 20.3 Å². The highest BCUT2D eigenvalue weighted by Gasteiger charge is 2.33. The maximum Gasteiger partial charge on any atom is 0.276 e. The summed E-state index contributed by atoms with van der Waals surface area (Å²) < 4.78 is 16.9. The molecular weight excluding hydrogens is 426 g/mol. The Morgan fingerprint density at radius 3 is 2.81 bits per heavy atom. The molecule has 2 fully saturated rings. The number of methoxy groups -OCH3 is 1. The zero-order valence-corrected chi connectivity index (χ0v) is 18.5. The molecule has 2 heterocycles. The largest absolute Gasteiger partial charge is 0.496 e. The van der Waals surface area contributed by atoms with E-state index in [4.69, 9.17) is 31.7 Å². The van der Waals surface area contributed by atoms with Crippen molar-refractivity contribution in [3.05, 3.63) is 64.9 Å². The topological polar surface area (TPSA) is 83.8 Å². The van der Waals surface area contributed by atoms with Crippen LogP contribution < -0.4 is 14.8 Å². The predicted molar refractivity (Wildman–Crippen MR) is 123 cm³/mol. The van der Waals surface area contributed by atoms with Crippen molar-refractivity contribution in [2.24, 2.45) is 0 Å². The van der Waals surface area contributed by atoms with Gasteiger partial charge in [-0.3, -0.25) is 9.69 Å². The van der Waals surface area contributed by atoms with Gasteiger partial charge in [0.25, 0.3) is 5.91 Å². The second-order valence-corrected chi connectivity index (χ2v) is 7.92. The quantitative estimate of drug-likeness (QED) is 0.512. The van der Waals surface area contributed by atoms with E-state index in [0.29, 0.717) is 34.4 Å². The van der Waals surface area contributed by atoms with Gasteiger partial charge in [0.2, 0.25) is 0 Å². The predicted octanol–water partition coefficient (Wildman–Crippen LogP) is 3.38. The van der Waals surface area contributed by atoms with Crippen LogP contribution in [0.15, 0.2) is 48.2 Å². The van der Waals surface area contributed by atoms with Crippen LogP contribution in [-0.4, -0.2) is 42.3 Å². The van der Waals surface area contributed by atoms with Gasteiger partial charge in [0, 0.05) is 12.2 Å². The third-order valence-corrected chi connectivity index (χ3v) is 5.69. The first-order chi connectivity index (χ1) is 15.6. The Labute approximate surface area is 192 Å². The lowest BCUT2D eigenvalue weighted by atomic mass is 10.1. The molecule has 2 aromatic rings. The highest BCUT2D eigenvalue weighted by atomic mass is 32.1. The molecule has 164 valence electrons. The van der Waals surface area contributed by atoms with Gasteiger partial charge in [-0.25, -0.2) is 0 Å². The highest BCUT2D eigenvalue weighted by Crippen LogP contribution is 2.25. The van der Waals surface area contributed by atoms with Crippen LogP contribution >= 0.6 is 12.2 Å². The Balaban J connectivity index is 1.48. The van der Waals surface area contributed by atoms with Crippen molar-refractivity contribution in [1.82, 2.24) is 10.2 Å². The standard InChI is InChI=1S/C24H23N3O4S/c1-29-22-9-6-17(11-18(22)15-31-19-7-4-16(13-25)5-8-19)12-21-23(28)27(24(32)26-21)14-20-3-2-10-30-20/h4-9,11-12,20H,2-3,10,14-15H2,1H3,(H,26,32)/b21-12+. The van der Waals surface area contributed by atoms with Gasteiger partial charge in [0.1, 0.15) is 23.8 Å². The van der Waals surface area contributed by atoms with E-state index >= 15 is 0 Å². The highest BCUT2D eigenvalue weighted by molar-refractivity contribution is 7.80. The van der Waals surface area contributed by atoms with Gasteiger partial charge in [0.05, 0.1) is 31.4 Å². The van der Waals surface area contributed by atoms with E-state index in [-0.39, 0.29) is 18.6 Å². The molecule has 2 aromatic carbocycles. The average Bonchev–Trinajstić information content (AvgIpc) is 3.42. The summed E-state index contributed by atoms with van der Waals surface area (Å²) in [6.07, 6.45) is 3.75. The molecule has 8 heteroatoms. The van der Waals surface area contributed by atoms with Crippen LogP contribution in [-0.2, 0) is 16.1 Å². The number of amides is 1. The number of carbonyl (C=O) groups excluding carboxylic acids is 1. The number of nitrogens with zero attached hydrogens (tertiary/aromatic N) is 2. The Morgan fingerprint density at radius 1 is 1.31 bits per heavy atom. The molecule has 1 unspecified atom stereocenters. The summed E-state index contributed by atoms with van der Waals surface area (Å²) in [5.74, 6) is 1.18. The number of thiocarbonyl (C=S) groups is 1. The lowest BCUT2D eigenvalue weighted by Gasteiger charge is -2.18. The molecule has 1 atom stereocenters. The lowest BCUT2D eigenvalue weighted by Crippen LogP contribution is -2.37. The number of nitriles is 1. The van der Waals surface area contributed by atoms with Gasteiger partial charge in [-0.2, -0.15) is 5.26 Å². The first-order valence-electron chi connectivity index (χ1n) is 10.3. The molecule has 32 heavy (non-hydrogen) atoms.